The predicted octanol–water partition coefficient (Wildman–Crippen LogP) is 2.40. The predicted molar refractivity (Wildman–Crippen MR) is 96.0 cm³/mol. The maximum absolute atomic E-state index is 12.6. The molecule has 2 fully saturated rings. The van der Waals surface area contributed by atoms with Gasteiger partial charge in [0.05, 0.1) is 5.56 Å². The van der Waals surface area contributed by atoms with Gasteiger partial charge in [0.2, 0.25) is 0 Å². The molecule has 0 spiro atoms. The number of carbonyl (C=O) groups is 1. The number of aliphatic hydroxyl groups is 1. The summed E-state index contributed by atoms with van der Waals surface area (Å²) >= 11 is 0. The van der Waals surface area contributed by atoms with Gasteiger partial charge in [-0.2, -0.15) is 0 Å². The summed E-state index contributed by atoms with van der Waals surface area (Å²) in [5.41, 5.74) is -0.390. The quantitative estimate of drug-likeness (QED) is 0.893. The van der Waals surface area contributed by atoms with Crippen molar-refractivity contribution in [1.82, 2.24) is 14.9 Å². The molecule has 6 nitrogen and oxygen atoms in total. The van der Waals surface area contributed by atoms with Crippen LogP contribution in [0, 0.1) is 0 Å². The second-order valence-corrected chi connectivity index (χ2v) is 7.22. The second kappa shape index (κ2) is 7.03. The highest BCUT2D eigenvalue weighted by atomic mass is 16.5. The van der Waals surface area contributed by atoms with Gasteiger partial charge >= 0.3 is 0 Å². The fourth-order valence-corrected chi connectivity index (χ4v) is 3.19. The maximum atomic E-state index is 12.6. The van der Waals surface area contributed by atoms with Crippen LogP contribution in [0.2, 0.25) is 0 Å². The van der Waals surface area contributed by atoms with Gasteiger partial charge in [-0.1, -0.05) is 18.2 Å². The molecule has 1 saturated heterocycles. The third-order valence-corrected chi connectivity index (χ3v) is 5.09. The first kappa shape index (κ1) is 17.0. The zero-order chi connectivity index (χ0) is 18.0. The molecule has 0 bridgehead atoms. The average molecular weight is 353 g/mol. The minimum Gasteiger partial charge on any atom is -0.491 e. The van der Waals surface area contributed by atoms with Crippen molar-refractivity contribution in [1.29, 1.82) is 0 Å². The van der Waals surface area contributed by atoms with Gasteiger partial charge in [0.15, 0.2) is 0 Å². The first-order valence-corrected chi connectivity index (χ1v) is 9.14. The number of carbonyl (C=O) groups excluding carboxylic acids is 1. The molecule has 26 heavy (non-hydrogen) atoms. The standard InChI is InChI=1S/C20H23N3O3/c24-19(16-12-21-18(22-13-16)15-6-7-15)23-10-8-20(25,9-11-23)14-26-17-4-2-1-3-5-17/h1-5,12-13,15,25H,6-11,14H2. The Labute approximate surface area is 152 Å². The van der Waals surface area contributed by atoms with E-state index in [1.165, 1.54) is 0 Å². The third-order valence-electron chi connectivity index (χ3n) is 5.09. The van der Waals surface area contributed by atoms with Crippen LogP contribution in [0.15, 0.2) is 42.7 Å². The molecule has 1 aromatic carbocycles. The van der Waals surface area contributed by atoms with Crippen LogP contribution in [0.25, 0.3) is 0 Å². The highest BCUT2D eigenvalue weighted by molar-refractivity contribution is 5.93. The van der Waals surface area contributed by atoms with Crippen molar-refractivity contribution in [2.24, 2.45) is 0 Å². The van der Waals surface area contributed by atoms with E-state index in [1.807, 2.05) is 30.3 Å². The van der Waals surface area contributed by atoms with Crippen molar-refractivity contribution in [3.8, 4) is 5.75 Å². The molecule has 0 radical (unpaired) electrons. The van der Waals surface area contributed by atoms with Crippen molar-refractivity contribution in [3.63, 3.8) is 0 Å². The Hall–Kier alpha value is -2.47. The Kier molecular flexibility index (Phi) is 4.59. The highest BCUT2D eigenvalue weighted by Crippen LogP contribution is 2.37. The second-order valence-electron chi connectivity index (χ2n) is 7.22. The first-order valence-electron chi connectivity index (χ1n) is 9.14. The Morgan fingerprint density at radius 3 is 2.42 bits per heavy atom. The van der Waals surface area contributed by atoms with Crippen molar-refractivity contribution >= 4 is 5.91 Å². The summed E-state index contributed by atoms with van der Waals surface area (Å²) in [5, 5.41) is 10.7. The molecule has 1 aliphatic carbocycles. The molecule has 1 aromatic heterocycles. The van der Waals surface area contributed by atoms with Crippen molar-refractivity contribution in [2.45, 2.75) is 37.2 Å². The molecule has 2 aromatic rings. The summed E-state index contributed by atoms with van der Waals surface area (Å²) in [4.78, 5) is 23.0. The van der Waals surface area contributed by atoms with Gasteiger partial charge in [-0.3, -0.25) is 4.79 Å². The molecule has 4 rings (SSSR count). The number of likely N-dealkylation sites (tertiary alicyclic amines) is 1. The molecule has 1 aliphatic heterocycles. The Morgan fingerprint density at radius 2 is 1.81 bits per heavy atom. The summed E-state index contributed by atoms with van der Waals surface area (Å²) in [6, 6.07) is 9.46. The number of aromatic nitrogens is 2. The van der Waals surface area contributed by atoms with Crippen molar-refractivity contribution < 1.29 is 14.6 Å². The lowest BCUT2D eigenvalue weighted by atomic mass is 9.92. The lowest BCUT2D eigenvalue weighted by molar-refractivity contribution is -0.0475. The third kappa shape index (κ3) is 3.85. The number of hydrogen-bond donors (Lipinski definition) is 1. The van der Waals surface area contributed by atoms with Crippen LogP contribution >= 0.6 is 0 Å². The van der Waals surface area contributed by atoms with Crippen LogP contribution in [0.3, 0.4) is 0 Å². The molecular weight excluding hydrogens is 330 g/mol. The van der Waals surface area contributed by atoms with Gasteiger partial charge in [-0.15, -0.1) is 0 Å². The Morgan fingerprint density at radius 1 is 1.15 bits per heavy atom. The molecule has 0 atom stereocenters. The normalized spacial score (nSPS) is 19.2. The van der Waals surface area contributed by atoms with Crippen LogP contribution < -0.4 is 4.74 Å². The van der Waals surface area contributed by atoms with Gasteiger partial charge < -0.3 is 14.7 Å². The number of ether oxygens (including phenoxy) is 1. The molecule has 1 amide bonds. The number of hydrogen-bond acceptors (Lipinski definition) is 5. The van der Waals surface area contributed by atoms with E-state index in [2.05, 4.69) is 9.97 Å². The lowest BCUT2D eigenvalue weighted by Gasteiger charge is -2.37. The summed E-state index contributed by atoms with van der Waals surface area (Å²) in [6.45, 7) is 1.23. The largest absolute Gasteiger partial charge is 0.491 e. The summed E-state index contributed by atoms with van der Waals surface area (Å²) in [7, 11) is 0. The van der Waals surface area contributed by atoms with E-state index in [4.69, 9.17) is 4.74 Å². The van der Waals surface area contributed by atoms with Crippen molar-refractivity contribution in [3.05, 3.63) is 54.1 Å². The Balaban J connectivity index is 1.31. The molecule has 1 N–H and O–H groups in total. The molecule has 136 valence electrons. The van der Waals surface area contributed by atoms with Crippen molar-refractivity contribution in [2.75, 3.05) is 19.7 Å². The van der Waals surface area contributed by atoms with Gasteiger partial charge in [0.25, 0.3) is 5.91 Å². The van der Waals surface area contributed by atoms with Crippen LogP contribution in [0.5, 0.6) is 5.75 Å². The highest BCUT2D eigenvalue weighted by Gasteiger charge is 2.35. The van der Waals surface area contributed by atoms with E-state index in [0.717, 1.165) is 24.4 Å². The average Bonchev–Trinajstić information content (AvgIpc) is 3.53. The van der Waals surface area contributed by atoms with Gasteiger partial charge in [0.1, 0.15) is 23.8 Å². The van der Waals surface area contributed by atoms with E-state index < -0.39 is 5.60 Å². The SMILES string of the molecule is O=C(c1cnc(C2CC2)nc1)N1CCC(O)(COc2ccccc2)CC1. The number of nitrogens with zero attached hydrogens (tertiary/aromatic N) is 3. The zero-order valence-electron chi connectivity index (χ0n) is 14.7. The topological polar surface area (TPSA) is 75.6 Å². The fourth-order valence-electron chi connectivity index (χ4n) is 3.19. The van der Waals surface area contributed by atoms with E-state index in [9.17, 15) is 9.90 Å². The summed E-state index contributed by atoms with van der Waals surface area (Å²) < 4.78 is 5.70. The molecule has 6 heteroatoms. The molecular formula is C20H23N3O3. The molecule has 2 heterocycles. The van der Waals surface area contributed by atoms with Gasteiger partial charge in [-0.05, 0) is 37.8 Å². The van der Waals surface area contributed by atoms with E-state index >= 15 is 0 Å². The van der Waals surface area contributed by atoms with Gasteiger partial charge in [0, 0.05) is 31.4 Å². The molecule has 1 saturated carbocycles. The molecule has 2 aliphatic rings. The number of para-hydroxylation sites is 1. The van der Waals surface area contributed by atoms with Crippen LogP contribution in [0.1, 0.15) is 47.8 Å². The number of piperidine rings is 1. The van der Waals surface area contributed by atoms with Gasteiger partial charge in [-0.25, -0.2) is 9.97 Å². The smallest absolute Gasteiger partial charge is 0.256 e. The van der Waals surface area contributed by atoms with E-state index in [1.54, 1.807) is 17.3 Å². The van der Waals surface area contributed by atoms with Crippen LogP contribution in [0.4, 0.5) is 0 Å². The summed E-state index contributed by atoms with van der Waals surface area (Å²) in [5.74, 6) is 1.99. The Bertz CT molecular complexity index is 752. The van der Waals surface area contributed by atoms with Crippen LogP contribution in [-0.2, 0) is 0 Å². The minimum absolute atomic E-state index is 0.0709. The lowest BCUT2D eigenvalue weighted by Crippen LogP contribution is -2.49. The monoisotopic (exact) mass is 353 g/mol. The summed E-state index contributed by atoms with van der Waals surface area (Å²) in [6.07, 6.45) is 6.52. The number of rotatable bonds is 5. The van der Waals surface area contributed by atoms with E-state index in [-0.39, 0.29) is 12.5 Å². The first-order chi connectivity index (χ1) is 12.6. The molecule has 0 unspecified atom stereocenters. The number of amides is 1. The number of benzene rings is 1. The van der Waals surface area contributed by atoms with E-state index in [0.29, 0.717) is 37.4 Å². The maximum Gasteiger partial charge on any atom is 0.256 e. The minimum atomic E-state index is -0.904. The zero-order valence-corrected chi connectivity index (χ0v) is 14.7. The fraction of sp³-hybridized carbons (Fsp3) is 0.450. The van der Waals surface area contributed by atoms with Crippen LogP contribution in [-0.4, -0.2) is 51.2 Å².